The van der Waals surface area contributed by atoms with Gasteiger partial charge in [-0.3, -0.25) is 0 Å². The van der Waals surface area contributed by atoms with Crippen LogP contribution in [-0.2, 0) is 20.7 Å². The Bertz CT molecular complexity index is 831. The van der Waals surface area contributed by atoms with Crippen molar-refractivity contribution in [1.82, 2.24) is 4.98 Å². The zero-order valence-corrected chi connectivity index (χ0v) is 16.9. The quantitative estimate of drug-likeness (QED) is 0.848. The Kier molecular flexibility index (Phi) is 4.61. The predicted molar refractivity (Wildman–Crippen MR) is 99.7 cm³/mol. The Morgan fingerprint density at radius 3 is 1.79 bits per heavy atom. The molecule has 0 radical (unpaired) electrons. The van der Waals surface area contributed by atoms with Crippen LogP contribution in [0.25, 0.3) is 11.3 Å². The first-order valence-electron chi connectivity index (χ1n) is 7.75. The van der Waals surface area contributed by atoms with Crippen LogP contribution in [0.15, 0.2) is 21.9 Å². The molecule has 0 aliphatic heterocycles. The Morgan fingerprint density at radius 2 is 1.46 bits per heavy atom. The number of benzene rings is 1. The lowest BCUT2D eigenvalue weighted by atomic mass is 9.78. The van der Waals surface area contributed by atoms with E-state index in [1.165, 1.54) is 0 Å². The number of nitrogens with zero attached hydrogens (tertiary/aromatic N) is 1. The van der Waals surface area contributed by atoms with Crippen LogP contribution in [0.4, 0.5) is 0 Å². The summed E-state index contributed by atoms with van der Waals surface area (Å²) in [7, 11) is -3.32. The summed E-state index contributed by atoms with van der Waals surface area (Å²) < 4.78 is 23.5. The third-order valence-electron chi connectivity index (χ3n) is 3.82. The second kappa shape index (κ2) is 5.85. The van der Waals surface area contributed by atoms with Gasteiger partial charge in [0.05, 0.1) is 5.69 Å². The fourth-order valence-corrected chi connectivity index (χ4v) is 4.15. The summed E-state index contributed by atoms with van der Waals surface area (Å²) in [5, 5.41) is 12.5. The van der Waals surface area contributed by atoms with Crippen molar-refractivity contribution < 1.29 is 13.5 Å². The number of phenolic OH excluding ortho intramolecular Hbond substituents is 1. The van der Waals surface area contributed by atoms with Gasteiger partial charge >= 0.3 is 0 Å². The molecule has 2 aromatic rings. The van der Waals surface area contributed by atoms with Gasteiger partial charge in [0.2, 0.25) is 14.2 Å². The molecule has 0 fully saturated rings. The molecule has 2 rings (SSSR count). The van der Waals surface area contributed by atoms with Crippen LogP contribution in [0.2, 0.25) is 0 Å². The van der Waals surface area contributed by atoms with Crippen molar-refractivity contribution >= 4 is 21.2 Å². The van der Waals surface area contributed by atoms with Gasteiger partial charge < -0.3 is 5.11 Å². The monoisotopic (exact) mass is 367 g/mol. The van der Waals surface area contributed by atoms with Crippen LogP contribution in [-0.4, -0.2) is 24.8 Å². The Morgan fingerprint density at radius 1 is 1.00 bits per heavy atom. The maximum atomic E-state index is 11.7. The number of thiazole rings is 1. The van der Waals surface area contributed by atoms with Gasteiger partial charge in [-0.25, -0.2) is 13.4 Å². The molecule has 1 N–H and O–H groups in total. The highest BCUT2D eigenvalue weighted by molar-refractivity contribution is 7.92. The Hall–Kier alpha value is -1.40. The highest BCUT2D eigenvalue weighted by Crippen LogP contribution is 2.42. The van der Waals surface area contributed by atoms with Crippen molar-refractivity contribution in [3.63, 3.8) is 0 Å². The van der Waals surface area contributed by atoms with E-state index in [2.05, 4.69) is 4.98 Å². The molecule has 0 bridgehead atoms. The van der Waals surface area contributed by atoms with Crippen LogP contribution in [0.3, 0.4) is 0 Å². The summed E-state index contributed by atoms with van der Waals surface area (Å²) in [4.78, 5) is 4.28. The highest BCUT2D eigenvalue weighted by atomic mass is 32.2. The van der Waals surface area contributed by atoms with Gasteiger partial charge in [-0.05, 0) is 23.0 Å². The second-order valence-corrected chi connectivity index (χ2v) is 11.2. The molecule has 132 valence electrons. The lowest BCUT2D eigenvalue weighted by Gasteiger charge is -2.28. The van der Waals surface area contributed by atoms with Crippen LogP contribution in [0.1, 0.15) is 52.7 Å². The minimum absolute atomic E-state index is 0.111. The van der Waals surface area contributed by atoms with Crippen LogP contribution in [0.5, 0.6) is 5.75 Å². The molecule has 24 heavy (non-hydrogen) atoms. The summed E-state index contributed by atoms with van der Waals surface area (Å²) in [5.41, 5.74) is 2.63. The fourth-order valence-electron chi connectivity index (χ4n) is 2.49. The molecule has 0 saturated heterocycles. The zero-order valence-electron chi connectivity index (χ0n) is 15.3. The van der Waals surface area contributed by atoms with Crippen molar-refractivity contribution in [1.29, 1.82) is 0 Å². The minimum atomic E-state index is -3.32. The third kappa shape index (κ3) is 3.81. The molecule has 6 heteroatoms. The van der Waals surface area contributed by atoms with Gasteiger partial charge in [-0.1, -0.05) is 41.5 Å². The molecule has 1 aromatic heterocycles. The molecule has 0 unspecified atom stereocenters. The first-order chi connectivity index (χ1) is 10.7. The predicted octanol–water partition coefficient (Wildman–Crippen LogP) is 4.51. The second-order valence-electron chi connectivity index (χ2n) is 8.19. The van der Waals surface area contributed by atoms with Gasteiger partial charge in [0.1, 0.15) is 5.75 Å². The molecule has 0 spiro atoms. The summed E-state index contributed by atoms with van der Waals surface area (Å²) in [6.07, 6.45) is 1.16. The highest BCUT2D eigenvalue weighted by Gasteiger charge is 2.27. The van der Waals surface area contributed by atoms with Crippen molar-refractivity contribution in [3.8, 4) is 17.0 Å². The molecule has 1 aromatic carbocycles. The standard InChI is InChI=1S/C18H25NO3S2/c1-17(2,3)12-8-11(9-13(15(12)20)18(4,5)6)14-10-23-16(19-14)24(7,21)22/h8-10,20H,1-7H3. The minimum Gasteiger partial charge on any atom is -0.507 e. The largest absolute Gasteiger partial charge is 0.507 e. The number of hydrogen-bond donors (Lipinski definition) is 1. The SMILES string of the molecule is CC(C)(C)c1cc(-c2csc(S(C)(=O)=O)n2)cc(C(C)(C)C)c1O. The Balaban J connectivity index is 2.74. The lowest BCUT2D eigenvalue weighted by molar-refractivity contribution is 0.423. The molecule has 0 aliphatic carbocycles. The van der Waals surface area contributed by atoms with Gasteiger partial charge in [-0.2, -0.15) is 0 Å². The molecule has 0 saturated carbocycles. The molecule has 4 nitrogen and oxygen atoms in total. The first-order valence-corrected chi connectivity index (χ1v) is 10.5. The number of sulfone groups is 1. The normalized spacial score (nSPS) is 13.3. The van der Waals surface area contributed by atoms with Crippen molar-refractivity contribution in [2.24, 2.45) is 0 Å². The van der Waals surface area contributed by atoms with E-state index in [-0.39, 0.29) is 15.2 Å². The van der Waals surface area contributed by atoms with Crippen molar-refractivity contribution in [3.05, 3.63) is 28.6 Å². The molecule has 1 heterocycles. The Labute approximate surface area is 148 Å². The van der Waals surface area contributed by atoms with E-state index in [0.717, 1.165) is 34.3 Å². The van der Waals surface area contributed by atoms with Crippen molar-refractivity contribution in [2.45, 2.75) is 56.7 Å². The smallest absolute Gasteiger partial charge is 0.209 e. The number of phenols is 1. The lowest BCUT2D eigenvalue weighted by Crippen LogP contribution is -2.17. The summed E-state index contributed by atoms with van der Waals surface area (Å²) in [6, 6.07) is 3.82. The van der Waals surface area contributed by atoms with Crippen LogP contribution in [0, 0.1) is 0 Å². The van der Waals surface area contributed by atoms with Crippen LogP contribution >= 0.6 is 11.3 Å². The van der Waals surface area contributed by atoms with Gasteiger partial charge in [0.25, 0.3) is 0 Å². The molecule has 0 aliphatic rings. The van der Waals surface area contributed by atoms with Crippen molar-refractivity contribution in [2.75, 3.05) is 6.26 Å². The zero-order chi connectivity index (χ0) is 18.5. The van der Waals surface area contributed by atoms with E-state index in [1.54, 1.807) is 5.38 Å². The van der Waals surface area contributed by atoms with Gasteiger partial charge in [0.15, 0.2) is 0 Å². The first kappa shape index (κ1) is 18.9. The van der Waals surface area contributed by atoms with Gasteiger partial charge in [0, 0.05) is 28.3 Å². The van der Waals surface area contributed by atoms with E-state index >= 15 is 0 Å². The average Bonchev–Trinajstić information content (AvgIpc) is 2.85. The van der Waals surface area contributed by atoms with Crippen LogP contribution < -0.4 is 0 Å². The number of rotatable bonds is 2. The third-order valence-corrected chi connectivity index (χ3v) is 6.38. The van der Waals surface area contributed by atoms with E-state index in [1.807, 2.05) is 53.7 Å². The molecule has 0 amide bonds. The molecular weight excluding hydrogens is 342 g/mol. The molecule has 0 atom stereocenters. The molecular formula is C18H25NO3S2. The number of aromatic hydroxyl groups is 1. The number of hydrogen-bond acceptors (Lipinski definition) is 5. The van der Waals surface area contributed by atoms with E-state index in [0.29, 0.717) is 11.4 Å². The summed E-state index contributed by atoms with van der Waals surface area (Å²) in [6.45, 7) is 12.3. The fraction of sp³-hybridized carbons (Fsp3) is 0.500. The summed E-state index contributed by atoms with van der Waals surface area (Å²) in [5.74, 6) is 0.303. The average molecular weight is 368 g/mol. The van der Waals surface area contributed by atoms with Gasteiger partial charge in [-0.15, -0.1) is 11.3 Å². The summed E-state index contributed by atoms with van der Waals surface area (Å²) >= 11 is 1.12. The maximum Gasteiger partial charge on any atom is 0.209 e. The van der Waals surface area contributed by atoms with E-state index in [4.69, 9.17) is 0 Å². The number of aromatic nitrogens is 1. The van der Waals surface area contributed by atoms with E-state index < -0.39 is 9.84 Å². The topological polar surface area (TPSA) is 67.3 Å². The van der Waals surface area contributed by atoms with E-state index in [9.17, 15) is 13.5 Å². The maximum absolute atomic E-state index is 11.7.